The molecule has 0 aliphatic rings. The first-order chi connectivity index (χ1) is 9.56. The average molecular weight is 358 g/mol. The Morgan fingerprint density at radius 2 is 2.00 bits per heavy atom. The summed E-state index contributed by atoms with van der Waals surface area (Å²) < 4.78 is 1.96. The molecule has 0 unspecified atom stereocenters. The van der Waals surface area contributed by atoms with Crippen molar-refractivity contribution in [2.75, 3.05) is 0 Å². The monoisotopic (exact) mass is 356 g/mol. The zero-order valence-corrected chi connectivity index (χ0v) is 13.3. The third kappa shape index (κ3) is 2.88. The molecule has 0 aliphatic heterocycles. The molecule has 6 heteroatoms. The Balaban J connectivity index is 2.68. The molecule has 0 saturated heterocycles. The molecular formula is C14H14BrClN2O2. The number of hydrogen-bond acceptors (Lipinski definition) is 2. The fraction of sp³-hybridized carbons (Fsp3) is 0.286. The van der Waals surface area contributed by atoms with E-state index < -0.39 is 5.69 Å². The fourth-order valence-corrected chi connectivity index (χ4v) is 2.71. The van der Waals surface area contributed by atoms with Crippen molar-refractivity contribution in [2.24, 2.45) is 0 Å². The van der Waals surface area contributed by atoms with E-state index in [1.165, 1.54) is 4.57 Å². The second-order valence-corrected chi connectivity index (χ2v) is 5.64. The Hall–Kier alpha value is -1.33. The minimum Gasteiger partial charge on any atom is -0.297 e. The zero-order chi connectivity index (χ0) is 14.7. The van der Waals surface area contributed by atoms with Crippen molar-refractivity contribution in [3.05, 3.63) is 54.7 Å². The van der Waals surface area contributed by atoms with Crippen molar-refractivity contribution in [1.29, 1.82) is 0 Å². The van der Waals surface area contributed by atoms with Gasteiger partial charge in [-0.25, -0.2) is 4.79 Å². The highest BCUT2D eigenvalue weighted by atomic mass is 79.9. The summed E-state index contributed by atoms with van der Waals surface area (Å²) >= 11 is 9.46. The highest BCUT2D eigenvalue weighted by Crippen LogP contribution is 2.28. The lowest BCUT2D eigenvalue weighted by Crippen LogP contribution is -2.36. The minimum atomic E-state index is -0.468. The molecule has 0 atom stereocenters. The predicted molar refractivity (Wildman–Crippen MR) is 84.4 cm³/mol. The number of halogens is 2. The molecule has 1 N–H and O–H groups in total. The van der Waals surface area contributed by atoms with Crippen LogP contribution < -0.4 is 11.2 Å². The van der Waals surface area contributed by atoms with Crippen LogP contribution in [0.15, 0.2) is 38.3 Å². The molecule has 0 spiro atoms. The van der Waals surface area contributed by atoms with Gasteiger partial charge in [0.05, 0.1) is 5.56 Å². The topological polar surface area (TPSA) is 54.9 Å². The molecule has 20 heavy (non-hydrogen) atoms. The zero-order valence-electron chi connectivity index (χ0n) is 11.0. The van der Waals surface area contributed by atoms with E-state index in [-0.39, 0.29) is 10.7 Å². The van der Waals surface area contributed by atoms with E-state index in [0.29, 0.717) is 17.7 Å². The van der Waals surface area contributed by atoms with Crippen LogP contribution in [0, 0.1) is 0 Å². The molecule has 0 radical (unpaired) electrons. The summed E-state index contributed by atoms with van der Waals surface area (Å²) in [5.74, 6) is 0. The summed E-state index contributed by atoms with van der Waals surface area (Å²) in [6.45, 7) is 2.39. The summed E-state index contributed by atoms with van der Waals surface area (Å²) in [5.41, 5.74) is 0.155. The van der Waals surface area contributed by atoms with Crippen LogP contribution in [0.3, 0.4) is 0 Å². The van der Waals surface area contributed by atoms with Crippen LogP contribution in [0.25, 0.3) is 11.1 Å². The number of aromatic amines is 1. The van der Waals surface area contributed by atoms with E-state index in [9.17, 15) is 9.59 Å². The van der Waals surface area contributed by atoms with Crippen molar-refractivity contribution < 1.29 is 0 Å². The first-order valence-electron chi connectivity index (χ1n) is 6.33. The van der Waals surface area contributed by atoms with E-state index in [0.717, 1.165) is 17.3 Å². The van der Waals surface area contributed by atoms with Gasteiger partial charge in [-0.05, 0) is 12.5 Å². The number of unbranched alkanes of at least 4 members (excludes halogenated alkanes) is 1. The summed E-state index contributed by atoms with van der Waals surface area (Å²) in [6.07, 6.45) is 1.67. The molecule has 1 aromatic carbocycles. The van der Waals surface area contributed by atoms with Crippen LogP contribution in [-0.4, -0.2) is 9.55 Å². The fourth-order valence-electron chi connectivity index (χ4n) is 1.96. The lowest BCUT2D eigenvalue weighted by Gasteiger charge is -2.10. The van der Waals surface area contributed by atoms with Gasteiger partial charge in [-0.3, -0.25) is 14.3 Å². The number of nitrogens with one attached hydrogen (secondary N) is 1. The maximum Gasteiger partial charge on any atom is 0.329 e. The van der Waals surface area contributed by atoms with Crippen molar-refractivity contribution in [3.63, 3.8) is 0 Å². The molecule has 0 amide bonds. The Bertz CT molecular complexity index is 737. The minimum absolute atomic E-state index is 0.0691. The molecule has 1 heterocycles. The van der Waals surface area contributed by atoms with E-state index in [1.54, 1.807) is 6.07 Å². The number of nitrogens with zero attached hydrogens (tertiary/aromatic N) is 1. The quantitative estimate of drug-likeness (QED) is 0.852. The maximum atomic E-state index is 12.5. The van der Waals surface area contributed by atoms with Gasteiger partial charge in [0.2, 0.25) is 0 Å². The first-order valence-corrected chi connectivity index (χ1v) is 7.51. The molecular weight excluding hydrogens is 344 g/mol. The van der Waals surface area contributed by atoms with E-state index in [4.69, 9.17) is 11.6 Å². The Labute approximate surface area is 129 Å². The van der Waals surface area contributed by atoms with Crippen LogP contribution >= 0.6 is 27.5 Å². The molecule has 4 nitrogen and oxygen atoms in total. The summed E-state index contributed by atoms with van der Waals surface area (Å²) in [7, 11) is 0. The maximum absolute atomic E-state index is 12.5. The number of aromatic nitrogens is 2. The molecule has 0 bridgehead atoms. The van der Waals surface area contributed by atoms with E-state index >= 15 is 0 Å². The van der Waals surface area contributed by atoms with E-state index in [2.05, 4.69) is 20.9 Å². The van der Waals surface area contributed by atoms with Gasteiger partial charge in [-0.1, -0.05) is 59.1 Å². The third-order valence-corrected chi connectivity index (χ3v) is 3.99. The Morgan fingerprint density at radius 1 is 1.30 bits per heavy atom. The molecule has 2 rings (SSSR count). The average Bonchev–Trinajstić information content (AvgIpc) is 2.40. The van der Waals surface area contributed by atoms with Crippen LogP contribution in [0.5, 0.6) is 0 Å². The SMILES string of the molecule is CCCCn1c(=O)[nH]c(Cl)c(-c2ccccc2Br)c1=O. The van der Waals surface area contributed by atoms with Crippen LogP contribution in [-0.2, 0) is 6.54 Å². The molecule has 106 valence electrons. The molecule has 1 aromatic heterocycles. The van der Waals surface area contributed by atoms with Crippen LogP contribution in [0.1, 0.15) is 19.8 Å². The van der Waals surface area contributed by atoms with Gasteiger partial charge < -0.3 is 0 Å². The largest absolute Gasteiger partial charge is 0.329 e. The van der Waals surface area contributed by atoms with Crippen LogP contribution in [0.2, 0.25) is 5.15 Å². The van der Waals surface area contributed by atoms with E-state index in [1.807, 2.05) is 25.1 Å². The Kier molecular flexibility index (Phi) is 4.83. The van der Waals surface area contributed by atoms with Gasteiger partial charge in [0.25, 0.3) is 5.56 Å². The molecule has 0 saturated carbocycles. The molecule has 0 aliphatic carbocycles. The number of hydrogen-bond donors (Lipinski definition) is 1. The highest BCUT2D eigenvalue weighted by molar-refractivity contribution is 9.10. The van der Waals surface area contributed by atoms with Gasteiger partial charge in [0.15, 0.2) is 0 Å². The van der Waals surface area contributed by atoms with Gasteiger partial charge in [0.1, 0.15) is 5.15 Å². The second kappa shape index (κ2) is 6.41. The lowest BCUT2D eigenvalue weighted by atomic mass is 10.1. The summed E-state index contributed by atoms with van der Waals surface area (Å²) in [6, 6.07) is 7.28. The van der Waals surface area contributed by atoms with Crippen LogP contribution in [0.4, 0.5) is 0 Å². The normalized spacial score (nSPS) is 10.8. The van der Waals surface area contributed by atoms with Gasteiger partial charge in [0, 0.05) is 16.6 Å². The molecule has 2 aromatic rings. The number of benzene rings is 1. The van der Waals surface area contributed by atoms with Gasteiger partial charge in [-0.2, -0.15) is 0 Å². The van der Waals surface area contributed by atoms with Gasteiger partial charge >= 0.3 is 5.69 Å². The number of H-pyrrole nitrogens is 1. The van der Waals surface area contributed by atoms with Crippen molar-refractivity contribution in [1.82, 2.24) is 9.55 Å². The van der Waals surface area contributed by atoms with Crippen molar-refractivity contribution in [3.8, 4) is 11.1 Å². The number of rotatable bonds is 4. The standard InChI is InChI=1S/C14H14BrClN2O2/c1-2-3-8-18-13(19)11(12(16)17-14(18)20)9-6-4-5-7-10(9)15/h4-7H,2-3,8H2,1H3,(H,17,20). The second-order valence-electron chi connectivity index (χ2n) is 4.41. The summed E-state index contributed by atoms with van der Waals surface area (Å²) in [4.78, 5) is 26.9. The predicted octanol–water partition coefficient (Wildman–Crippen LogP) is 3.42. The van der Waals surface area contributed by atoms with Gasteiger partial charge in [-0.15, -0.1) is 0 Å². The summed E-state index contributed by atoms with van der Waals surface area (Å²) in [5, 5.41) is 0.0691. The smallest absolute Gasteiger partial charge is 0.297 e. The highest BCUT2D eigenvalue weighted by Gasteiger charge is 2.16. The lowest BCUT2D eigenvalue weighted by molar-refractivity contribution is 0.584. The Morgan fingerprint density at radius 3 is 2.65 bits per heavy atom. The van der Waals surface area contributed by atoms with Crippen molar-refractivity contribution in [2.45, 2.75) is 26.3 Å². The van der Waals surface area contributed by atoms with Crippen molar-refractivity contribution >= 4 is 27.5 Å². The molecule has 0 fully saturated rings. The first kappa shape index (κ1) is 15.1. The third-order valence-electron chi connectivity index (χ3n) is 3.02.